The van der Waals surface area contributed by atoms with Gasteiger partial charge in [-0.05, 0) is 30.7 Å². The van der Waals surface area contributed by atoms with E-state index in [4.69, 9.17) is 5.26 Å². The molecule has 0 fully saturated rings. The van der Waals surface area contributed by atoms with Crippen molar-refractivity contribution >= 4 is 21.4 Å². The maximum absolute atomic E-state index is 11.6. The molecule has 0 saturated heterocycles. The van der Waals surface area contributed by atoms with Gasteiger partial charge in [0.15, 0.2) is 0 Å². The molecule has 0 spiro atoms. The number of sulfone groups is 1. The highest BCUT2D eigenvalue weighted by atomic mass is 32.2. The molecule has 1 N–H and O–H groups in total. The summed E-state index contributed by atoms with van der Waals surface area (Å²) in [5, 5.41) is 11.3. The first-order valence-corrected chi connectivity index (χ1v) is 7.79. The highest BCUT2D eigenvalue weighted by Crippen LogP contribution is 2.09. The third kappa shape index (κ3) is 5.53. The van der Waals surface area contributed by atoms with Crippen LogP contribution in [0, 0.1) is 11.3 Å². The fourth-order valence-electron chi connectivity index (χ4n) is 1.45. The summed E-state index contributed by atoms with van der Waals surface area (Å²) in [6.45, 7) is 1.59. The van der Waals surface area contributed by atoms with E-state index >= 15 is 0 Å². The number of hydrogen-bond acceptors (Lipinski definition) is 4. The van der Waals surface area contributed by atoms with Crippen LogP contribution in [0.25, 0.3) is 0 Å². The third-order valence-corrected chi connectivity index (χ3v) is 4.39. The summed E-state index contributed by atoms with van der Waals surface area (Å²) in [6, 6.07) is 8.48. The van der Waals surface area contributed by atoms with E-state index in [1.54, 1.807) is 31.2 Å². The number of carbonyl (C=O) groups excluding carboxylic acids is 1. The zero-order chi connectivity index (χ0) is 14.3. The van der Waals surface area contributed by atoms with Gasteiger partial charge in [0, 0.05) is 17.9 Å². The Morgan fingerprint density at radius 2 is 1.95 bits per heavy atom. The van der Waals surface area contributed by atoms with Crippen molar-refractivity contribution in [2.45, 2.75) is 19.8 Å². The number of amides is 1. The van der Waals surface area contributed by atoms with Crippen LogP contribution in [0.3, 0.4) is 0 Å². The van der Waals surface area contributed by atoms with E-state index in [1.807, 2.05) is 6.07 Å². The summed E-state index contributed by atoms with van der Waals surface area (Å²) in [5.41, 5.74) is 1.12. The van der Waals surface area contributed by atoms with Crippen molar-refractivity contribution in [2.24, 2.45) is 0 Å². The van der Waals surface area contributed by atoms with E-state index in [1.165, 1.54) is 0 Å². The minimum atomic E-state index is -3.01. The Hall–Kier alpha value is -1.87. The summed E-state index contributed by atoms with van der Waals surface area (Å²) in [4.78, 5) is 11.6. The van der Waals surface area contributed by atoms with E-state index in [0.29, 0.717) is 17.7 Å². The summed E-state index contributed by atoms with van der Waals surface area (Å²) >= 11 is 0. The number of benzene rings is 1. The molecule has 1 aromatic carbocycles. The van der Waals surface area contributed by atoms with Crippen LogP contribution < -0.4 is 5.32 Å². The number of hydrogen-bond donors (Lipinski definition) is 1. The van der Waals surface area contributed by atoms with Crippen molar-refractivity contribution < 1.29 is 13.2 Å². The quantitative estimate of drug-likeness (QED) is 0.859. The van der Waals surface area contributed by atoms with Crippen LogP contribution in [0.1, 0.15) is 25.3 Å². The van der Waals surface area contributed by atoms with Crippen molar-refractivity contribution in [1.29, 1.82) is 5.26 Å². The van der Waals surface area contributed by atoms with Crippen LogP contribution in [0.15, 0.2) is 24.3 Å². The Morgan fingerprint density at radius 3 is 2.47 bits per heavy atom. The van der Waals surface area contributed by atoms with Gasteiger partial charge in [0.05, 0.1) is 17.4 Å². The second-order valence-corrected chi connectivity index (χ2v) is 6.55. The number of carbonyl (C=O) groups is 1. The molecular weight excluding hydrogens is 264 g/mol. The summed E-state index contributed by atoms with van der Waals surface area (Å²) in [7, 11) is -3.01. The maximum Gasteiger partial charge on any atom is 0.224 e. The molecule has 1 aromatic rings. The largest absolute Gasteiger partial charge is 0.326 e. The minimum Gasteiger partial charge on any atom is -0.326 e. The normalized spacial score (nSPS) is 10.7. The molecule has 0 saturated carbocycles. The number of nitriles is 1. The molecule has 0 aliphatic rings. The van der Waals surface area contributed by atoms with Crippen LogP contribution in [-0.4, -0.2) is 25.8 Å². The molecule has 0 aliphatic carbocycles. The molecule has 5 nitrogen and oxygen atoms in total. The lowest BCUT2D eigenvalue weighted by molar-refractivity contribution is -0.116. The van der Waals surface area contributed by atoms with Crippen LogP contribution >= 0.6 is 0 Å². The first kappa shape index (κ1) is 15.2. The molecule has 0 heterocycles. The summed E-state index contributed by atoms with van der Waals surface area (Å²) in [5.74, 6) is -0.0925. The molecule has 0 bridgehead atoms. The predicted octanol–water partition coefficient (Wildman–Crippen LogP) is 1.71. The lowest BCUT2D eigenvalue weighted by atomic mass is 10.2. The predicted molar refractivity (Wildman–Crippen MR) is 73.3 cm³/mol. The van der Waals surface area contributed by atoms with Crippen molar-refractivity contribution in [3.63, 3.8) is 0 Å². The van der Waals surface area contributed by atoms with Gasteiger partial charge in [-0.15, -0.1) is 0 Å². The first-order valence-electron chi connectivity index (χ1n) is 5.97. The highest BCUT2D eigenvalue weighted by molar-refractivity contribution is 7.91. The van der Waals surface area contributed by atoms with Crippen molar-refractivity contribution in [2.75, 3.05) is 16.8 Å². The topological polar surface area (TPSA) is 87.0 Å². The van der Waals surface area contributed by atoms with Crippen LogP contribution in [-0.2, 0) is 14.6 Å². The number of nitrogens with one attached hydrogen (secondary N) is 1. The third-order valence-electron chi connectivity index (χ3n) is 2.60. The standard InChI is InChI=1S/C13H16N2O3S/c1-2-19(17,18)9-3-4-13(16)15-12-7-5-11(10-14)6-8-12/h5-8H,2-4,9H2,1H3,(H,15,16). The fraction of sp³-hybridized carbons (Fsp3) is 0.385. The van der Waals surface area contributed by atoms with Gasteiger partial charge >= 0.3 is 0 Å². The van der Waals surface area contributed by atoms with Crippen molar-refractivity contribution in [1.82, 2.24) is 0 Å². The lowest BCUT2D eigenvalue weighted by Crippen LogP contribution is -2.15. The van der Waals surface area contributed by atoms with E-state index in [0.717, 1.165) is 0 Å². The van der Waals surface area contributed by atoms with Gasteiger partial charge in [-0.3, -0.25) is 4.79 Å². The lowest BCUT2D eigenvalue weighted by Gasteiger charge is -2.05. The monoisotopic (exact) mass is 280 g/mol. The van der Waals surface area contributed by atoms with Crippen molar-refractivity contribution in [3.05, 3.63) is 29.8 Å². The van der Waals surface area contributed by atoms with Gasteiger partial charge in [-0.1, -0.05) is 6.92 Å². The fourth-order valence-corrected chi connectivity index (χ4v) is 2.32. The summed E-state index contributed by atoms with van der Waals surface area (Å²) in [6.07, 6.45) is 0.484. The zero-order valence-electron chi connectivity index (χ0n) is 10.7. The number of anilines is 1. The molecule has 1 rings (SSSR count). The first-order chi connectivity index (χ1) is 8.96. The van der Waals surface area contributed by atoms with E-state index in [-0.39, 0.29) is 23.8 Å². The highest BCUT2D eigenvalue weighted by Gasteiger charge is 2.09. The maximum atomic E-state index is 11.6. The molecule has 6 heteroatoms. The molecule has 0 radical (unpaired) electrons. The van der Waals surface area contributed by atoms with Gasteiger partial charge in [0.2, 0.25) is 5.91 Å². The Kier molecular flexibility index (Phi) is 5.52. The van der Waals surface area contributed by atoms with Crippen LogP contribution in [0.4, 0.5) is 5.69 Å². The summed E-state index contributed by atoms with van der Waals surface area (Å²) < 4.78 is 22.5. The molecule has 0 unspecified atom stereocenters. The van der Waals surface area contributed by atoms with Crippen molar-refractivity contribution in [3.8, 4) is 6.07 Å². The molecule has 1 amide bonds. The Bertz CT molecular complexity index is 571. The molecule has 0 aliphatic heterocycles. The molecule has 0 atom stereocenters. The van der Waals surface area contributed by atoms with Gasteiger partial charge in [0.25, 0.3) is 0 Å². The average Bonchev–Trinajstić information content (AvgIpc) is 2.39. The molecule has 102 valence electrons. The van der Waals surface area contributed by atoms with Crippen LogP contribution in [0.5, 0.6) is 0 Å². The average molecular weight is 280 g/mol. The SMILES string of the molecule is CCS(=O)(=O)CCCC(=O)Nc1ccc(C#N)cc1. The Labute approximate surface area is 113 Å². The van der Waals surface area contributed by atoms with E-state index < -0.39 is 9.84 Å². The zero-order valence-corrected chi connectivity index (χ0v) is 11.5. The van der Waals surface area contributed by atoms with Gasteiger partial charge in [-0.2, -0.15) is 5.26 Å². The van der Waals surface area contributed by atoms with Gasteiger partial charge in [0.1, 0.15) is 9.84 Å². The Balaban J connectivity index is 2.41. The molecule has 19 heavy (non-hydrogen) atoms. The second-order valence-electron chi connectivity index (χ2n) is 4.08. The van der Waals surface area contributed by atoms with Crippen LogP contribution in [0.2, 0.25) is 0 Å². The van der Waals surface area contributed by atoms with E-state index in [9.17, 15) is 13.2 Å². The smallest absolute Gasteiger partial charge is 0.224 e. The minimum absolute atomic E-state index is 0.0320. The molecule has 0 aromatic heterocycles. The number of rotatable bonds is 6. The Morgan fingerprint density at radius 1 is 1.32 bits per heavy atom. The second kappa shape index (κ2) is 6.90. The van der Waals surface area contributed by atoms with E-state index in [2.05, 4.69) is 5.32 Å². The molecular formula is C13H16N2O3S. The van der Waals surface area contributed by atoms with Gasteiger partial charge in [-0.25, -0.2) is 8.42 Å². The number of nitrogens with zero attached hydrogens (tertiary/aromatic N) is 1. The van der Waals surface area contributed by atoms with Gasteiger partial charge < -0.3 is 5.32 Å².